The van der Waals surface area contributed by atoms with E-state index in [4.69, 9.17) is 9.47 Å². The number of amides is 2. The van der Waals surface area contributed by atoms with E-state index in [-0.39, 0.29) is 46.7 Å². The molecule has 2 heterocycles. The summed E-state index contributed by atoms with van der Waals surface area (Å²) in [6.07, 6.45) is -4.65. The number of rotatable bonds is 6. The van der Waals surface area contributed by atoms with Crippen molar-refractivity contribution >= 4 is 23.8 Å². The number of hydrogen-bond acceptors (Lipinski definition) is 7. The molecule has 2 aromatic rings. The van der Waals surface area contributed by atoms with Crippen molar-refractivity contribution in [2.75, 3.05) is 20.3 Å². The van der Waals surface area contributed by atoms with Crippen molar-refractivity contribution in [2.45, 2.75) is 25.9 Å². The maximum Gasteiger partial charge on any atom is 0.416 e. The van der Waals surface area contributed by atoms with Gasteiger partial charge < -0.3 is 14.8 Å². The molecule has 0 saturated carbocycles. The summed E-state index contributed by atoms with van der Waals surface area (Å²) in [6, 6.07) is 10.6. The summed E-state index contributed by atoms with van der Waals surface area (Å²) in [4.78, 5) is 52.1. The molecular weight excluding hydrogens is 505 g/mol. The van der Waals surface area contributed by atoms with E-state index in [0.29, 0.717) is 5.70 Å². The maximum absolute atomic E-state index is 13.5. The first-order valence-electron chi connectivity index (χ1n) is 11.5. The molecule has 2 aliphatic heterocycles. The van der Waals surface area contributed by atoms with Crippen LogP contribution in [0.15, 0.2) is 71.1 Å². The van der Waals surface area contributed by atoms with E-state index in [0.717, 1.165) is 24.1 Å². The molecule has 0 saturated heterocycles. The number of imide groups is 1. The summed E-state index contributed by atoms with van der Waals surface area (Å²) < 4.78 is 50.6. The van der Waals surface area contributed by atoms with Gasteiger partial charge in [0.15, 0.2) is 0 Å². The van der Waals surface area contributed by atoms with Gasteiger partial charge in [0.05, 0.1) is 47.4 Å². The minimum Gasteiger partial charge on any atom is -0.466 e. The van der Waals surface area contributed by atoms with E-state index >= 15 is 0 Å². The second-order valence-corrected chi connectivity index (χ2v) is 8.69. The van der Waals surface area contributed by atoms with Gasteiger partial charge in [-0.15, -0.1) is 0 Å². The quantitative estimate of drug-likeness (QED) is 0.448. The molecule has 0 spiro atoms. The van der Waals surface area contributed by atoms with Crippen LogP contribution in [-0.4, -0.2) is 48.9 Å². The van der Waals surface area contributed by atoms with Crippen LogP contribution in [0.3, 0.4) is 0 Å². The van der Waals surface area contributed by atoms with Gasteiger partial charge in [0.2, 0.25) is 0 Å². The highest BCUT2D eigenvalue weighted by atomic mass is 19.4. The number of allylic oxidation sites excluding steroid dienone is 2. The van der Waals surface area contributed by atoms with Crippen LogP contribution < -0.4 is 5.32 Å². The highest BCUT2D eigenvalue weighted by Crippen LogP contribution is 2.41. The van der Waals surface area contributed by atoms with Gasteiger partial charge in [-0.25, -0.2) is 9.59 Å². The predicted octanol–water partition coefficient (Wildman–Crippen LogP) is 3.95. The molecule has 1 unspecified atom stereocenters. The van der Waals surface area contributed by atoms with Crippen LogP contribution in [0.1, 0.15) is 51.6 Å². The van der Waals surface area contributed by atoms with Crippen molar-refractivity contribution in [1.82, 2.24) is 10.2 Å². The van der Waals surface area contributed by atoms with E-state index in [1.807, 2.05) is 0 Å². The van der Waals surface area contributed by atoms with Crippen molar-refractivity contribution in [1.29, 1.82) is 0 Å². The fourth-order valence-electron chi connectivity index (χ4n) is 4.62. The lowest BCUT2D eigenvalue weighted by molar-refractivity contribution is -0.140. The Kier molecular flexibility index (Phi) is 7.12. The third-order valence-corrected chi connectivity index (χ3v) is 6.36. The minimum absolute atomic E-state index is 0.0349. The van der Waals surface area contributed by atoms with Crippen molar-refractivity contribution in [3.05, 3.63) is 93.3 Å². The Hall–Kier alpha value is -4.41. The Morgan fingerprint density at radius 2 is 1.50 bits per heavy atom. The topological polar surface area (TPSA) is 102 Å². The van der Waals surface area contributed by atoms with E-state index in [2.05, 4.69) is 5.32 Å². The third-order valence-electron chi connectivity index (χ3n) is 6.36. The summed E-state index contributed by atoms with van der Waals surface area (Å²) in [6.45, 7) is 2.47. The fraction of sp³-hybridized carbons (Fsp3) is 0.259. The van der Waals surface area contributed by atoms with Gasteiger partial charge in [0.1, 0.15) is 6.61 Å². The highest BCUT2D eigenvalue weighted by molar-refractivity contribution is 6.21. The summed E-state index contributed by atoms with van der Waals surface area (Å²) in [5.74, 6) is -4.03. The summed E-state index contributed by atoms with van der Waals surface area (Å²) >= 11 is 0. The number of fused-ring (bicyclic) bond motifs is 1. The zero-order valence-electron chi connectivity index (χ0n) is 20.6. The van der Waals surface area contributed by atoms with Gasteiger partial charge in [0.25, 0.3) is 11.8 Å². The molecule has 38 heavy (non-hydrogen) atoms. The lowest BCUT2D eigenvalue weighted by Crippen LogP contribution is -2.35. The standard InChI is InChI=1S/C27H23F3N2O6/c1-14-20(25(35)37-3)22(16-7-6-8-17(13-16)27(28,29)30)21(15(2)31-14)26(36)38-12-11-32-23(33)18-9-4-5-10-19(18)24(32)34/h4-10,13,22,31H,11-12H2,1-3H3. The normalized spacial score (nSPS) is 17.4. The minimum atomic E-state index is -4.65. The van der Waals surface area contributed by atoms with Gasteiger partial charge in [-0.3, -0.25) is 14.5 Å². The Bertz CT molecular complexity index is 1370. The first-order chi connectivity index (χ1) is 18.0. The molecule has 1 N–H and O–H groups in total. The van der Waals surface area contributed by atoms with Gasteiger partial charge in [-0.05, 0) is 37.6 Å². The molecule has 2 aliphatic rings. The molecule has 4 rings (SSSR count). The van der Waals surface area contributed by atoms with E-state index in [1.165, 1.54) is 31.2 Å². The van der Waals surface area contributed by atoms with Gasteiger partial charge in [-0.1, -0.05) is 30.3 Å². The van der Waals surface area contributed by atoms with Crippen molar-refractivity contribution in [3.63, 3.8) is 0 Å². The number of nitrogens with one attached hydrogen (secondary N) is 1. The van der Waals surface area contributed by atoms with Crippen LogP contribution >= 0.6 is 0 Å². The number of esters is 2. The third kappa shape index (κ3) is 4.79. The van der Waals surface area contributed by atoms with Crippen LogP contribution in [0.25, 0.3) is 0 Å². The maximum atomic E-state index is 13.5. The number of hydrogen-bond donors (Lipinski definition) is 1. The SMILES string of the molecule is COC(=O)C1=C(C)NC(C)=C(C(=O)OCCN2C(=O)c3ccccc3C2=O)C1c1cccc(C(F)(F)F)c1. The Morgan fingerprint density at radius 3 is 2.05 bits per heavy atom. The smallest absolute Gasteiger partial charge is 0.416 e. The number of carbonyl (C=O) groups excluding carboxylic acids is 4. The fourth-order valence-corrected chi connectivity index (χ4v) is 4.62. The number of halogens is 3. The molecule has 0 radical (unpaired) electrons. The van der Waals surface area contributed by atoms with Crippen LogP contribution in [0, 0.1) is 0 Å². The Labute approximate surface area is 215 Å². The summed E-state index contributed by atoms with van der Waals surface area (Å²) in [5, 5.41) is 2.89. The van der Waals surface area contributed by atoms with E-state index < -0.39 is 41.4 Å². The van der Waals surface area contributed by atoms with E-state index in [9.17, 15) is 32.3 Å². The first kappa shape index (κ1) is 26.6. The predicted molar refractivity (Wildman–Crippen MR) is 128 cm³/mol. The van der Waals surface area contributed by atoms with Crippen molar-refractivity contribution < 1.29 is 41.8 Å². The second-order valence-electron chi connectivity index (χ2n) is 8.69. The molecule has 0 aromatic heterocycles. The Balaban J connectivity index is 1.61. The zero-order chi connectivity index (χ0) is 27.8. The van der Waals surface area contributed by atoms with Crippen LogP contribution in [0.4, 0.5) is 13.2 Å². The number of ether oxygens (including phenoxy) is 2. The number of dihydropyridines is 1. The summed E-state index contributed by atoms with van der Waals surface area (Å²) in [5.41, 5.74) is -0.0113. The first-order valence-corrected chi connectivity index (χ1v) is 11.5. The lowest BCUT2D eigenvalue weighted by Gasteiger charge is -2.30. The molecular formula is C27H23F3N2O6. The molecule has 198 valence electrons. The van der Waals surface area contributed by atoms with E-state index in [1.54, 1.807) is 19.1 Å². The highest BCUT2D eigenvalue weighted by Gasteiger charge is 2.40. The number of alkyl halides is 3. The monoisotopic (exact) mass is 528 g/mol. The average molecular weight is 528 g/mol. The number of methoxy groups -OCH3 is 1. The van der Waals surface area contributed by atoms with Gasteiger partial charge in [-0.2, -0.15) is 13.2 Å². The van der Waals surface area contributed by atoms with Crippen molar-refractivity contribution in [3.8, 4) is 0 Å². The molecule has 2 amide bonds. The Morgan fingerprint density at radius 1 is 0.921 bits per heavy atom. The van der Waals surface area contributed by atoms with Gasteiger partial charge in [0, 0.05) is 11.4 Å². The van der Waals surface area contributed by atoms with Crippen molar-refractivity contribution in [2.24, 2.45) is 0 Å². The number of carbonyl (C=O) groups is 4. The van der Waals surface area contributed by atoms with Crippen LogP contribution in [0.5, 0.6) is 0 Å². The second kappa shape index (κ2) is 10.2. The average Bonchev–Trinajstić information content (AvgIpc) is 3.12. The zero-order valence-corrected chi connectivity index (χ0v) is 20.6. The molecule has 8 nitrogen and oxygen atoms in total. The molecule has 2 aromatic carbocycles. The van der Waals surface area contributed by atoms with Crippen LogP contribution in [-0.2, 0) is 25.2 Å². The van der Waals surface area contributed by atoms with Crippen LogP contribution in [0.2, 0.25) is 0 Å². The largest absolute Gasteiger partial charge is 0.466 e. The van der Waals surface area contributed by atoms with Gasteiger partial charge >= 0.3 is 18.1 Å². The molecule has 11 heteroatoms. The molecule has 0 fully saturated rings. The molecule has 0 bridgehead atoms. The number of nitrogens with zero attached hydrogens (tertiary/aromatic N) is 1. The summed E-state index contributed by atoms with van der Waals surface area (Å²) in [7, 11) is 1.12. The molecule has 1 atom stereocenters. The lowest BCUT2D eigenvalue weighted by atomic mass is 9.80. The number of benzene rings is 2. The molecule has 0 aliphatic carbocycles.